The lowest BCUT2D eigenvalue weighted by Gasteiger charge is -2.35. The van der Waals surface area contributed by atoms with Crippen LogP contribution in [0.3, 0.4) is 0 Å². The van der Waals surface area contributed by atoms with Gasteiger partial charge in [-0.2, -0.15) is 0 Å². The van der Waals surface area contributed by atoms with Crippen molar-refractivity contribution in [2.24, 2.45) is 11.8 Å². The normalized spacial score (nSPS) is 22.7. The highest BCUT2D eigenvalue weighted by molar-refractivity contribution is 5.82. The van der Waals surface area contributed by atoms with E-state index in [2.05, 4.69) is 10.2 Å². The van der Waals surface area contributed by atoms with Crippen molar-refractivity contribution in [3.63, 3.8) is 0 Å². The predicted molar refractivity (Wildman–Crippen MR) is 80.1 cm³/mol. The fraction of sp³-hybridized carbons (Fsp3) is 0.867. The smallest absolute Gasteiger partial charge is 0.326 e. The average Bonchev–Trinajstić information content (AvgIpc) is 3.28. The molecule has 0 bridgehead atoms. The van der Waals surface area contributed by atoms with Crippen LogP contribution in [0.1, 0.15) is 33.1 Å². The molecule has 1 heterocycles. The summed E-state index contributed by atoms with van der Waals surface area (Å²) >= 11 is 0. The van der Waals surface area contributed by atoms with Crippen LogP contribution < -0.4 is 5.32 Å². The summed E-state index contributed by atoms with van der Waals surface area (Å²) < 4.78 is 0. The summed E-state index contributed by atoms with van der Waals surface area (Å²) in [5.74, 6) is -0.153. The highest BCUT2D eigenvalue weighted by atomic mass is 16.4. The minimum absolute atomic E-state index is 0.0670. The van der Waals surface area contributed by atoms with Crippen LogP contribution in [-0.2, 0) is 4.79 Å². The molecule has 21 heavy (non-hydrogen) atoms. The number of nitrogens with one attached hydrogen (secondary N) is 1. The third kappa shape index (κ3) is 4.59. The Kier molecular flexibility index (Phi) is 5.45. The van der Waals surface area contributed by atoms with Crippen molar-refractivity contribution >= 4 is 12.0 Å². The molecule has 0 spiro atoms. The van der Waals surface area contributed by atoms with Crippen LogP contribution in [0.2, 0.25) is 0 Å². The van der Waals surface area contributed by atoms with E-state index in [9.17, 15) is 14.7 Å². The Labute approximate surface area is 126 Å². The van der Waals surface area contributed by atoms with Gasteiger partial charge < -0.3 is 15.3 Å². The average molecular weight is 297 g/mol. The molecule has 2 atom stereocenters. The number of amides is 2. The molecule has 1 aliphatic carbocycles. The highest BCUT2D eigenvalue weighted by Crippen LogP contribution is 2.29. The number of carbonyl (C=O) groups is 2. The molecular formula is C15H27N3O3. The van der Waals surface area contributed by atoms with Gasteiger partial charge in [-0.1, -0.05) is 20.3 Å². The Balaban J connectivity index is 1.78. The summed E-state index contributed by atoms with van der Waals surface area (Å²) in [6.07, 6.45) is 3.41. The molecule has 1 saturated heterocycles. The van der Waals surface area contributed by atoms with E-state index in [1.165, 1.54) is 12.8 Å². The number of carboxylic acids is 1. The maximum absolute atomic E-state index is 12.2. The zero-order valence-electron chi connectivity index (χ0n) is 13.0. The molecule has 2 aliphatic rings. The van der Waals surface area contributed by atoms with Crippen LogP contribution in [0.4, 0.5) is 4.79 Å². The lowest BCUT2D eigenvalue weighted by atomic mass is 9.99. The Hall–Kier alpha value is -1.30. The number of piperazine rings is 1. The van der Waals surface area contributed by atoms with Crippen molar-refractivity contribution in [2.45, 2.75) is 39.2 Å². The summed E-state index contributed by atoms with van der Waals surface area (Å²) in [5, 5.41) is 11.9. The van der Waals surface area contributed by atoms with Gasteiger partial charge in [0.2, 0.25) is 0 Å². The quantitative estimate of drug-likeness (QED) is 0.773. The van der Waals surface area contributed by atoms with Crippen molar-refractivity contribution in [1.82, 2.24) is 15.1 Å². The highest BCUT2D eigenvalue weighted by Gasteiger charge is 2.30. The first-order chi connectivity index (χ1) is 10.0. The first-order valence-electron chi connectivity index (χ1n) is 8.01. The van der Waals surface area contributed by atoms with E-state index in [1.54, 1.807) is 4.90 Å². The molecule has 0 aromatic heterocycles. The molecule has 1 saturated carbocycles. The topological polar surface area (TPSA) is 72.9 Å². The molecule has 0 aromatic carbocycles. The number of hydrogen-bond acceptors (Lipinski definition) is 3. The second-order valence-corrected chi connectivity index (χ2v) is 6.38. The number of rotatable bonds is 6. The first kappa shape index (κ1) is 16.1. The van der Waals surface area contributed by atoms with Gasteiger partial charge in [0.05, 0.1) is 0 Å². The van der Waals surface area contributed by atoms with Gasteiger partial charge in [0.25, 0.3) is 0 Å². The van der Waals surface area contributed by atoms with Crippen LogP contribution >= 0.6 is 0 Å². The van der Waals surface area contributed by atoms with Crippen molar-refractivity contribution in [3.8, 4) is 0 Å². The molecule has 120 valence electrons. The second kappa shape index (κ2) is 7.11. The maximum Gasteiger partial charge on any atom is 0.326 e. The lowest BCUT2D eigenvalue weighted by molar-refractivity contribution is -0.140. The predicted octanol–water partition coefficient (Wildman–Crippen LogP) is 1.22. The molecule has 2 N–H and O–H groups in total. The van der Waals surface area contributed by atoms with E-state index >= 15 is 0 Å². The summed E-state index contributed by atoms with van der Waals surface area (Å²) in [6.45, 7) is 8.10. The van der Waals surface area contributed by atoms with Crippen molar-refractivity contribution < 1.29 is 14.7 Å². The van der Waals surface area contributed by atoms with Gasteiger partial charge in [-0.15, -0.1) is 0 Å². The van der Waals surface area contributed by atoms with Gasteiger partial charge in [-0.05, 0) is 24.7 Å². The molecule has 6 nitrogen and oxygen atoms in total. The Morgan fingerprint density at radius 1 is 1.24 bits per heavy atom. The molecule has 1 aliphatic heterocycles. The minimum atomic E-state index is -0.954. The minimum Gasteiger partial charge on any atom is -0.480 e. The summed E-state index contributed by atoms with van der Waals surface area (Å²) in [4.78, 5) is 27.6. The van der Waals surface area contributed by atoms with E-state index in [4.69, 9.17) is 0 Å². The fourth-order valence-electron chi connectivity index (χ4n) is 2.71. The van der Waals surface area contributed by atoms with Gasteiger partial charge in [-0.3, -0.25) is 4.90 Å². The third-order valence-corrected chi connectivity index (χ3v) is 4.63. The molecule has 6 heteroatoms. The van der Waals surface area contributed by atoms with Crippen molar-refractivity contribution in [2.75, 3.05) is 32.7 Å². The Morgan fingerprint density at radius 3 is 2.33 bits per heavy atom. The van der Waals surface area contributed by atoms with Gasteiger partial charge in [0, 0.05) is 32.7 Å². The molecule has 2 amide bonds. The molecule has 0 aromatic rings. The van der Waals surface area contributed by atoms with Gasteiger partial charge in [-0.25, -0.2) is 9.59 Å². The SMILES string of the molecule is CCC(C)[C@H](NC(=O)N1CCN(CC2CC2)CC1)C(=O)O. The van der Waals surface area contributed by atoms with E-state index in [0.29, 0.717) is 13.1 Å². The largest absolute Gasteiger partial charge is 0.480 e. The number of nitrogens with zero attached hydrogens (tertiary/aromatic N) is 2. The van der Waals surface area contributed by atoms with E-state index < -0.39 is 12.0 Å². The van der Waals surface area contributed by atoms with Crippen LogP contribution in [0.25, 0.3) is 0 Å². The van der Waals surface area contributed by atoms with E-state index in [-0.39, 0.29) is 11.9 Å². The van der Waals surface area contributed by atoms with Crippen molar-refractivity contribution in [1.29, 1.82) is 0 Å². The second-order valence-electron chi connectivity index (χ2n) is 6.38. The van der Waals surface area contributed by atoms with Crippen LogP contribution in [-0.4, -0.2) is 65.7 Å². The summed E-state index contributed by atoms with van der Waals surface area (Å²) in [6, 6.07) is -1.04. The monoisotopic (exact) mass is 297 g/mol. The summed E-state index contributed by atoms with van der Waals surface area (Å²) in [7, 11) is 0. The lowest BCUT2D eigenvalue weighted by Crippen LogP contribution is -2.55. The zero-order chi connectivity index (χ0) is 15.4. The number of carbonyl (C=O) groups excluding carboxylic acids is 1. The van der Waals surface area contributed by atoms with E-state index in [1.807, 2.05) is 13.8 Å². The number of aliphatic carboxylic acids is 1. The van der Waals surface area contributed by atoms with Crippen LogP contribution in [0.15, 0.2) is 0 Å². The van der Waals surface area contributed by atoms with Crippen molar-refractivity contribution in [3.05, 3.63) is 0 Å². The van der Waals surface area contributed by atoms with Crippen LogP contribution in [0.5, 0.6) is 0 Å². The third-order valence-electron chi connectivity index (χ3n) is 4.63. The van der Waals surface area contributed by atoms with Crippen LogP contribution in [0, 0.1) is 11.8 Å². The molecular weight excluding hydrogens is 270 g/mol. The standard InChI is InChI=1S/C15H27N3O3/c1-3-11(2)13(14(19)20)16-15(21)18-8-6-17(7-9-18)10-12-4-5-12/h11-13H,3-10H2,1-2H3,(H,16,21)(H,19,20)/t11?,13-/m0/s1. The molecule has 0 radical (unpaired) electrons. The number of carboxylic acid groups (broad SMARTS) is 1. The van der Waals surface area contributed by atoms with Gasteiger partial charge >= 0.3 is 12.0 Å². The van der Waals surface area contributed by atoms with Gasteiger partial charge in [0.15, 0.2) is 0 Å². The molecule has 2 rings (SSSR count). The Morgan fingerprint density at radius 2 is 1.86 bits per heavy atom. The fourth-order valence-corrected chi connectivity index (χ4v) is 2.71. The Bertz CT molecular complexity index is 376. The number of hydrogen-bond donors (Lipinski definition) is 2. The number of urea groups is 1. The molecule has 2 fully saturated rings. The zero-order valence-corrected chi connectivity index (χ0v) is 13.0. The van der Waals surface area contributed by atoms with E-state index in [0.717, 1.165) is 32.0 Å². The maximum atomic E-state index is 12.2. The summed E-state index contributed by atoms with van der Waals surface area (Å²) in [5.41, 5.74) is 0. The van der Waals surface area contributed by atoms with Gasteiger partial charge in [0.1, 0.15) is 6.04 Å². The first-order valence-corrected chi connectivity index (χ1v) is 8.01. The molecule has 1 unspecified atom stereocenters.